The van der Waals surface area contributed by atoms with Crippen LogP contribution in [0.4, 0.5) is 0 Å². The molecule has 34 heavy (non-hydrogen) atoms. The fraction of sp³-hybridized carbons (Fsp3) is 0.292. The van der Waals surface area contributed by atoms with Gasteiger partial charge in [0.05, 0.1) is 21.8 Å². The van der Waals surface area contributed by atoms with Gasteiger partial charge < -0.3 is 4.42 Å². The lowest BCUT2D eigenvalue weighted by Gasteiger charge is -2.37. The summed E-state index contributed by atoms with van der Waals surface area (Å²) in [7, 11) is -1.99. The van der Waals surface area contributed by atoms with Crippen LogP contribution in [0.3, 0.4) is 0 Å². The standard InChI is InChI=1S/C24H24N4O5S/c1-16(23-25-20-6-4-3-5-19(20)24(30)26(23)2)27-11-13-28(14-12-27)34(31,32)18-8-9-21-17(15-18)7-10-22(29)33-21/h3-10,15-16H,11-14H2,1-2H3. The van der Waals surface area contributed by atoms with Gasteiger partial charge in [0, 0.05) is 44.7 Å². The molecule has 10 heteroatoms. The van der Waals surface area contributed by atoms with E-state index in [1.165, 1.54) is 28.6 Å². The first-order valence-electron chi connectivity index (χ1n) is 11.0. The van der Waals surface area contributed by atoms with Crippen LogP contribution in [-0.4, -0.2) is 53.4 Å². The van der Waals surface area contributed by atoms with Crippen molar-refractivity contribution in [1.82, 2.24) is 18.8 Å². The minimum Gasteiger partial charge on any atom is -0.423 e. The second-order valence-electron chi connectivity index (χ2n) is 8.42. The van der Waals surface area contributed by atoms with Gasteiger partial charge in [-0.25, -0.2) is 18.2 Å². The number of rotatable bonds is 4. The Morgan fingerprint density at radius 2 is 1.71 bits per heavy atom. The van der Waals surface area contributed by atoms with Gasteiger partial charge in [-0.1, -0.05) is 12.1 Å². The van der Waals surface area contributed by atoms with Crippen molar-refractivity contribution in [3.05, 3.63) is 81.2 Å². The maximum Gasteiger partial charge on any atom is 0.336 e. The summed E-state index contributed by atoms with van der Waals surface area (Å²) in [6, 6.07) is 14.4. The van der Waals surface area contributed by atoms with Crippen LogP contribution in [0, 0.1) is 0 Å². The first-order valence-corrected chi connectivity index (χ1v) is 12.4. The van der Waals surface area contributed by atoms with Crippen LogP contribution < -0.4 is 11.2 Å². The molecule has 0 saturated carbocycles. The second kappa shape index (κ2) is 8.46. The minimum atomic E-state index is -3.71. The van der Waals surface area contributed by atoms with Crippen LogP contribution in [0.2, 0.25) is 0 Å². The summed E-state index contributed by atoms with van der Waals surface area (Å²) in [5, 5.41) is 1.13. The van der Waals surface area contributed by atoms with E-state index in [4.69, 9.17) is 9.40 Å². The third-order valence-electron chi connectivity index (χ3n) is 6.44. The summed E-state index contributed by atoms with van der Waals surface area (Å²) < 4.78 is 34.6. The molecule has 1 saturated heterocycles. The van der Waals surface area contributed by atoms with Gasteiger partial charge >= 0.3 is 5.63 Å². The Morgan fingerprint density at radius 1 is 0.971 bits per heavy atom. The van der Waals surface area contributed by atoms with E-state index in [-0.39, 0.29) is 16.5 Å². The molecule has 0 amide bonds. The highest BCUT2D eigenvalue weighted by Gasteiger charge is 2.31. The van der Waals surface area contributed by atoms with E-state index in [2.05, 4.69) is 4.90 Å². The predicted molar refractivity (Wildman–Crippen MR) is 128 cm³/mol. The Hall–Kier alpha value is -3.34. The molecule has 0 spiro atoms. The molecule has 5 rings (SSSR count). The monoisotopic (exact) mass is 480 g/mol. The van der Waals surface area contributed by atoms with Gasteiger partial charge in [0.1, 0.15) is 11.4 Å². The largest absolute Gasteiger partial charge is 0.423 e. The number of hydrogen-bond donors (Lipinski definition) is 0. The van der Waals surface area contributed by atoms with Gasteiger partial charge in [-0.15, -0.1) is 0 Å². The molecule has 0 radical (unpaired) electrons. The minimum absolute atomic E-state index is 0.0965. The van der Waals surface area contributed by atoms with Crippen LogP contribution in [-0.2, 0) is 17.1 Å². The van der Waals surface area contributed by atoms with Gasteiger partial charge in [-0.05, 0) is 43.3 Å². The van der Waals surface area contributed by atoms with Gasteiger partial charge in [0.15, 0.2) is 0 Å². The molecule has 0 N–H and O–H groups in total. The second-order valence-corrected chi connectivity index (χ2v) is 10.4. The zero-order chi connectivity index (χ0) is 24.0. The number of sulfonamides is 1. The van der Waals surface area contributed by atoms with Crippen molar-refractivity contribution in [2.24, 2.45) is 7.05 Å². The third-order valence-corrected chi connectivity index (χ3v) is 8.34. The molecule has 4 aromatic rings. The van der Waals surface area contributed by atoms with Crippen molar-refractivity contribution in [1.29, 1.82) is 0 Å². The fourth-order valence-corrected chi connectivity index (χ4v) is 5.92. The van der Waals surface area contributed by atoms with E-state index in [9.17, 15) is 18.0 Å². The van der Waals surface area contributed by atoms with Crippen LogP contribution in [0.5, 0.6) is 0 Å². The number of hydrogen-bond acceptors (Lipinski definition) is 7. The van der Waals surface area contributed by atoms with E-state index < -0.39 is 15.6 Å². The van der Waals surface area contributed by atoms with Crippen LogP contribution in [0.25, 0.3) is 21.9 Å². The quantitative estimate of drug-likeness (QED) is 0.412. The van der Waals surface area contributed by atoms with Crippen molar-refractivity contribution in [3.8, 4) is 0 Å². The molecule has 1 atom stereocenters. The molecule has 1 unspecified atom stereocenters. The van der Waals surface area contributed by atoms with Crippen molar-refractivity contribution in [3.63, 3.8) is 0 Å². The maximum absolute atomic E-state index is 13.2. The zero-order valence-corrected chi connectivity index (χ0v) is 19.7. The average Bonchev–Trinajstić information content (AvgIpc) is 2.85. The number of para-hydroxylation sites is 1. The van der Waals surface area contributed by atoms with Crippen molar-refractivity contribution < 1.29 is 12.8 Å². The molecule has 0 bridgehead atoms. The van der Waals surface area contributed by atoms with E-state index in [0.717, 1.165) is 0 Å². The summed E-state index contributed by atoms with van der Waals surface area (Å²) in [6.07, 6.45) is 0. The molecule has 3 heterocycles. The van der Waals surface area contributed by atoms with Gasteiger partial charge in [0.25, 0.3) is 5.56 Å². The Morgan fingerprint density at radius 3 is 2.47 bits per heavy atom. The molecule has 1 aliphatic rings. The summed E-state index contributed by atoms with van der Waals surface area (Å²) in [5.41, 5.74) is 0.423. The molecular formula is C24H24N4O5S. The number of benzene rings is 2. The lowest BCUT2D eigenvalue weighted by atomic mass is 10.2. The van der Waals surface area contributed by atoms with Gasteiger partial charge in [-0.3, -0.25) is 14.3 Å². The van der Waals surface area contributed by atoms with Crippen LogP contribution in [0.1, 0.15) is 18.8 Å². The summed E-state index contributed by atoms with van der Waals surface area (Å²) in [4.78, 5) is 31.2. The summed E-state index contributed by atoms with van der Waals surface area (Å²) in [6.45, 7) is 3.63. The number of aromatic nitrogens is 2. The number of piperazine rings is 1. The molecule has 2 aromatic heterocycles. The Kier molecular flexibility index (Phi) is 5.59. The molecule has 0 aliphatic carbocycles. The first-order chi connectivity index (χ1) is 16.3. The van der Waals surface area contributed by atoms with Crippen LogP contribution >= 0.6 is 0 Å². The number of fused-ring (bicyclic) bond motifs is 2. The lowest BCUT2D eigenvalue weighted by molar-refractivity contribution is 0.139. The Bertz CT molecular complexity index is 1620. The third kappa shape index (κ3) is 3.83. The lowest BCUT2D eigenvalue weighted by Crippen LogP contribution is -2.49. The summed E-state index contributed by atoms with van der Waals surface area (Å²) in [5.74, 6) is 0.649. The van der Waals surface area contributed by atoms with E-state index in [1.807, 2.05) is 25.1 Å². The smallest absolute Gasteiger partial charge is 0.336 e. The van der Waals surface area contributed by atoms with E-state index in [1.54, 1.807) is 23.7 Å². The fourth-order valence-electron chi connectivity index (χ4n) is 4.46. The molecule has 1 fully saturated rings. The zero-order valence-electron chi connectivity index (χ0n) is 18.8. The highest BCUT2D eigenvalue weighted by Crippen LogP contribution is 2.25. The molecular weight excluding hydrogens is 456 g/mol. The Balaban J connectivity index is 1.36. The maximum atomic E-state index is 13.2. The molecule has 9 nitrogen and oxygen atoms in total. The van der Waals surface area contributed by atoms with Gasteiger partial charge in [-0.2, -0.15) is 4.31 Å². The highest BCUT2D eigenvalue weighted by atomic mass is 32.2. The first kappa shape index (κ1) is 22.5. The normalized spacial score (nSPS) is 16.8. The average molecular weight is 481 g/mol. The molecule has 1 aliphatic heterocycles. The predicted octanol–water partition coefficient (Wildman–Crippen LogP) is 2.11. The SMILES string of the molecule is CC(c1nc2ccccc2c(=O)n1C)N1CCN(S(=O)(=O)c2ccc3oc(=O)ccc3c2)CC1. The Labute approximate surface area is 195 Å². The summed E-state index contributed by atoms with van der Waals surface area (Å²) >= 11 is 0. The van der Waals surface area contributed by atoms with Crippen LogP contribution in [0.15, 0.2) is 73.5 Å². The van der Waals surface area contributed by atoms with Gasteiger partial charge in [0.2, 0.25) is 10.0 Å². The van der Waals surface area contributed by atoms with E-state index >= 15 is 0 Å². The molecule has 2 aromatic carbocycles. The highest BCUT2D eigenvalue weighted by molar-refractivity contribution is 7.89. The van der Waals surface area contributed by atoms with Crippen molar-refractivity contribution in [2.75, 3.05) is 26.2 Å². The van der Waals surface area contributed by atoms with Crippen molar-refractivity contribution in [2.45, 2.75) is 17.9 Å². The van der Waals surface area contributed by atoms with Crippen molar-refractivity contribution >= 4 is 31.9 Å². The van der Waals surface area contributed by atoms with E-state index in [0.29, 0.717) is 53.9 Å². The number of nitrogens with zero attached hydrogens (tertiary/aromatic N) is 4. The molecule has 176 valence electrons. The topological polar surface area (TPSA) is 106 Å².